The SMILES string of the molecule is COc1ccc(Cl)cc1C(=O)Nc1ccc(Br)cc1Br. The van der Waals surface area contributed by atoms with Crippen LogP contribution in [0, 0.1) is 0 Å². The fourth-order valence-electron chi connectivity index (χ4n) is 1.64. The van der Waals surface area contributed by atoms with E-state index in [2.05, 4.69) is 37.2 Å². The Kier molecular flexibility index (Phi) is 5.07. The van der Waals surface area contributed by atoms with Crippen molar-refractivity contribution in [1.82, 2.24) is 0 Å². The molecule has 0 spiro atoms. The Bertz CT molecular complexity index is 662. The first-order valence-electron chi connectivity index (χ1n) is 5.61. The van der Waals surface area contributed by atoms with Crippen LogP contribution in [0.5, 0.6) is 5.75 Å². The first-order valence-corrected chi connectivity index (χ1v) is 7.57. The summed E-state index contributed by atoms with van der Waals surface area (Å²) in [6.45, 7) is 0. The normalized spacial score (nSPS) is 10.2. The summed E-state index contributed by atoms with van der Waals surface area (Å²) in [5.41, 5.74) is 1.05. The van der Waals surface area contributed by atoms with Gasteiger partial charge in [-0.15, -0.1) is 0 Å². The van der Waals surface area contributed by atoms with Gasteiger partial charge in [-0.3, -0.25) is 4.79 Å². The van der Waals surface area contributed by atoms with Crippen molar-refractivity contribution >= 4 is 55.1 Å². The molecule has 2 aromatic rings. The first-order chi connectivity index (χ1) is 9.51. The predicted octanol–water partition coefficient (Wildman–Crippen LogP) is 5.13. The highest BCUT2D eigenvalue weighted by atomic mass is 79.9. The predicted molar refractivity (Wildman–Crippen MR) is 87.8 cm³/mol. The molecule has 0 saturated carbocycles. The maximum atomic E-state index is 12.3. The van der Waals surface area contributed by atoms with Crippen LogP contribution >= 0.6 is 43.5 Å². The monoisotopic (exact) mass is 417 g/mol. The van der Waals surface area contributed by atoms with Gasteiger partial charge in [-0.05, 0) is 52.3 Å². The van der Waals surface area contributed by atoms with Gasteiger partial charge in [0, 0.05) is 14.0 Å². The van der Waals surface area contributed by atoms with E-state index >= 15 is 0 Å². The molecule has 0 fully saturated rings. The molecular formula is C14H10Br2ClNO2. The molecule has 2 aromatic carbocycles. The second-order valence-corrected chi connectivity index (χ2v) is 6.13. The highest BCUT2D eigenvalue weighted by Gasteiger charge is 2.14. The lowest BCUT2D eigenvalue weighted by Crippen LogP contribution is -2.13. The molecule has 0 aliphatic heterocycles. The van der Waals surface area contributed by atoms with E-state index in [-0.39, 0.29) is 5.91 Å². The molecule has 1 N–H and O–H groups in total. The second kappa shape index (κ2) is 6.61. The molecule has 20 heavy (non-hydrogen) atoms. The van der Waals surface area contributed by atoms with Crippen LogP contribution in [-0.2, 0) is 0 Å². The summed E-state index contributed by atoms with van der Waals surface area (Å²) in [4.78, 5) is 12.3. The van der Waals surface area contributed by atoms with E-state index < -0.39 is 0 Å². The summed E-state index contributed by atoms with van der Waals surface area (Å²) in [7, 11) is 1.51. The Hall–Kier alpha value is -1.04. The lowest BCUT2D eigenvalue weighted by atomic mass is 10.2. The molecule has 0 saturated heterocycles. The fourth-order valence-corrected chi connectivity index (χ4v) is 2.96. The first kappa shape index (κ1) is 15.4. The largest absolute Gasteiger partial charge is 0.496 e. The second-order valence-electron chi connectivity index (χ2n) is 3.92. The molecule has 6 heteroatoms. The third-order valence-corrected chi connectivity index (χ3v) is 3.97. The van der Waals surface area contributed by atoms with E-state index in [1.54, 1.807) is 24.3 Å². The van der Waals surface area contributed by atoms with Gasteiger partial charge in [0.05, 0.1) is 18.4 Å². The van der Waals surface area contributed by atoms with Gasteiger partial charge in [0.1, 0.15) is 5.75 Å². The fraction of sp³-hybridized carbons (Fsp3) is 0.0714. The number of anilines is 1. The van der Waals surface area contributed by atoms with Crippen molar-refractivity contribution < 1.29 is 9.53 Å². The zero-order valence-corrected chi connectivity index (χ0v) is 14.3. The van der Waals surface area contributed by atoms with E-state index in [9.17, 15) is 4.79 Å². The molecule has 2 rings (SSSR count). The Balaban J connectivity index is 2.30. The van der Waals surface area contributed by atoms with Gasteiger partial charge < -0.3 is 10.1 Å². The Morgan fingerprint density at radius 2 is 1.95 bits per heavy atom. The maximum absolute atomic E-state index is 12.3. The zero-order valence-electron chi connectivity index (χ0n) is 10.4. The van der Waals surface area contributed by atoms with E-state index in [0.29, 0.717) is 22.0 Å². The minimum atomic E-state index is -0.285. The van der Waals surface area contributed by atoms with Crippen LogP contribution in [0.15, 0.2) is 45.3 Å². The highest BCUT2D eigenvalue weighted by molar-refractivity contribution is 9.11. The standard InChI is InChI=1S/C14H10Br2ClNO2/c1-20-13-5-3-9(17)7-10(13)14(19)18-12-4-2-8(15)6-11(12)16/h2-7H,1H3,(H,18,19). The van der Waals surface area contributed by atoms with E-state index in [4.69, 9.17) is 16.3 Å². The topological polar surface area (TPSA) is 38.3 Å². The third-order valence-electron chi connectivity index (χ3n) is 2.59. The number of hydrogen-bond acceptors (Lipinski definition) is 2. The van der Waals surface area contributed by atoms with Crippen LogP contribution < -0.4 is 10.1 Å². The van der Waals surface area contributed by atoms with Crippen molar-refractivity contribution in [2.45, 2.75) is 0 Å². The summed E-state index contributed by atoms with van der Waals surface area (Å²) >= 11 is 12.7. The van der Waals surface area contributed by atoms with Crippen LogP contribution in [0.2, 0.25) is 5.02 Å². The minimum Gasteiger partial charge on any atom is -0.496 e. The van der Waals surface area contributed by atoms with Crippen molar-refractivity contribution in [3.63, 3.8) is 0 Å². The van der Waals surface area contributed by atoms with Crippen LogP contribution in [0.3, 0.4) is 0 Å². The molecule has 104 valence electrons. The van der Waals surface area contributed by atoms with Crippen LogP contribution in [0.1, 0.15) is 10.4 Å². The maximum Gasteiger partial charge on any atom is 0.259 e. The van der Waals surface area contributed by atoms with E-state index in [1.165, 1.54) is 7.11 Å². The van der Waals surface area contributed by atoms with Gasteiger partial charge >= 0.3 is 0 Å². The van der Waals surface area contributed by atoms with Crippen LogP contribution in [0.25, 0.3) is 0 Å². The van der Waals surface area contributed by atoms with E-state index in [1.807, 2.05) is 12.1 Å². The number of amides is 1. The van der Waals surface area contributed by atoms with Gasteiger partial charge in [-0.1, -0.05) is 27.5 Å². The van der Waals surface area contributed by atoms with Gasteiger partial charge in [-0.2, -0.15) is 0 Å². The molecular weight excluding hydrogens is 409 g/mol. The lowest BCUT2D eigenvalue weighted by molar-refractivity contribution is 0.102. The van der Waals surface area contributed by atoms with Crippen molar-refractivity contribution in [1.29, 1.82) is 0 Å². The molecule has 0 heterocycles. The molecule has 0 bridgehead atoms. The van der Waals surface area contributed by atoms with Gasteiger partial charge in [-0.25, -0.2) is 0 Å². The summed E-state index contributed by atoms with van der Waals surface area (Å²) < 4.78 is 6.87. The number of benzene rings is 2. The summed E-state index contributed by atoms with van der Waals surface area (Å²) in [5, 5.41) is 3.29. The molecule has 0 aliphatic carbocycles. The Morgan fingerprint density at radius 3 is 2.60 bits per heavy atom. The zero-order chi connectivity index (χ0) is 14.7. The van der Waals surface area contributed by atoms with Crippen molar-refractivity contribution in [2.24, 2.45) is 0 Å². The summed E-state index contributed by atoms with van der Waals surface area (Å²) in [6, 6.07) is 10.4. The molecule has 0 aromatic heterocycles. The smallest absolute Gasteiger partial charge is 0.259 e. The summed E-state index contributed by atoms with van der Waals surface area (Å²) in [5.74, 6) is 0.188. The summed E-state index contributed by atoms with van der Waals surface area (Å²) in [6.07, 6.45) is 0. The van der Waals surface area contributed by atoms with Crippen molar-refractivity contribution in [3.05, 3.63) is 55.9 Å². The van der Waals surface area contributed by atoms with Crippen molar-refractivity contribution in [2.75, 3.05) is 12.4 Å². The average molecular weight is 420 g/mol. The molecule has 1 amide bonds. The van der Waals surface area contributed by atoms with Crippen LogP contribution in [0.4, 0.5) is 5.69 Å². The quantitative estimate of drug-likeness (QED) is 0.749. The number of nitrogens with one attached hydrogen (secondary N) is 1. The molecule has 3 nitrogen and oxygen atoms in total. The number of carbonyl (C=O) groups excluding carboxylic acids is 1. The number of carbonyl (C=O) groups is 1. The molecule has 0 atom stereocenters. The van der Waals surface area contributed by atoms with Gasteiger partial charge in [0.25, 0.3) is 5.91 Å². The number of hydrogen-bond donors (Lipinski definition) is 1. The highest BCUT2D eigenvalue weighted by Crippen LogP contribution is 2.28. The lowest BCUT2D eigenvalue weighted by Gasteiger charge is -2.11. The average Bonchev–Trinajstić information content (AvgIpc) is 2.41. The third kappa shape index (κ3) is 3.53. The minimum absolute atomic E-state index is 0.285. The van der Waals surface area contributed by atoms with E-state index in [0.717, 1.165) is 8.95 Å². The number of rotatable bonds is 3. The Morgan fingerprint density at radius 1 is 1.20 bits per heavy atom. The van der Waals surface area contributed by atoms with Gasteiger partial charge in [0.2, 0.25) is 0 Å². The number of methoxy groups -OCH3 is 1. The van der Waals surface area contributed by atoms with Gasteiger partial charge in [0.15, 0.2) is 0 Å². The van der Waals surface area contributed by atoms with Crippen LogP contribution in [-0.4, -0.2) is 13.0 Å². The molecule has 0 aliphatic rings. The van der Waals surface area contributed by atoms with Crippen molar-refractivity contribution in [3.8, 4) is 5.75 Å². The molecule has 0 unspecified atom stereocenters. The Labute approximate surface area is 138 Å². The number of ether oxygens (including phenoxy) is 1. The molecule has 0 radical (unpaired) electrons. The number of halogens is 3.